The lowest BCUT2D eigenvalue weighted by molar-refractivity contribution is -0.00284. The van der Waals surface area contributed by atoms with Gasteiger partial charge in [-0.25, -0.2) is 0 Å². The van der Waals surface area contributed by atoms with Crippen LogP contribution in [-0.4, -0.2) is 0 Å². The molecule has 0 radical (unpaired) electrons. The van der Waals surface area contributed by atoms with Gasteiger partial charge in [0.05, 0.1) is 0 Å². The summed E-state index contributed by atoms with van der Waals surface area (Å²) in [5.74, 6) is 7.60. The van der Waals surface area contributed by atoms with Gasteiger partial charge in [-0.2, -0.15) is 0 Å². The van der Waals surface area contributed by atoms with E-state index in [1.807, 2.05) is 0 Å². The first kappa shape index (κ1) is 17.8. The lowest BCUT2D eigenvalue weighted by atomic mass is 9.56. The van der Waals surface area contributed by atoms with Crippen molar-refractivity contribution in [3.8, 4) is 0 Å². The van der Waals surface area contributed by atoms with Crippen molar-refractivity contribution >= 4 is 0 Å². The first-order chi connectivity index (χ1) is 11.2. The lowest BCUT2D eigenvalue weighted by Crippen LogP contribution is -2.42. The fourth-order valence-corrected chi connectivity index (χ4v) is 7.10. The Hall–Kier alpha value is 0. The Morgan fingerprint density at radius 2 is 1.57 bits per heavy atom. The highest BCUT2D eigenvalue weighted by molar-refractivity contribution is 4.97. The summed E-state index contributed by atoms with van der Waals surface area (Å²) in [5.41, 5.74) is 0. The van der Waals surface area contributed by atoms with E-state index >= 15 is 0 Å². The van der Waals surface area contributed by atoms with Crippen molar-refractivity contribution in [1.82, 2.24) is 0 Å². The molecule has 0 spiro atoms. The number of rotatable bonds is 6. The van der Waals surface area contributed by atoms with Gasteiger partial charge in [-0.3, -0.25) is 0 Å². The molecule has 0 bridgehead atoms. The Balaban J connectivity index is 1.69. The largest absolute Gasteiger partial charge is 0.0654 e. The predicted molar refractivity (Wildman–Crippen MR) is 101 cm³/mol. The van der Waals surface area contributed by atoms with Crippen LogP contribution in [0.5, 0.6) is 0 Å². The van der Waals surface area contributed by atoms with Crippen LogP contribution in [-0.2, 0) is 0 Å². The van der Waals surface area contributed by atoms with Gasteiger partial charge in [0, 0.05) is 0 Å². The van der Waals surface area contributed by atoms with E-state index < -0.39 is 0 Å². The van der Waals surface area contributed by atoms with Crippen LogP contribution in [0.1, 0.15) is 104 Å². The molecule has 0 aromatic carbocycles. The van der Waals surface area contributed by atoms with E-state index in [4.69, 9.17) is 0 Å². The number of unbranched alkanes of at least 4 members (excludes halogenated alkanes) is 1. The van der Waals surface area contributed by atoms with E-state index in [0.717, 1.165) is 41.4 Å². The molecule has 3 aliphatic rings. The molecule has 134 valence electrons. The maximum Gasteiger partial charge on any atom is -0.0324 e. The van der Waals surface area contributed by atoms with Crippen molar-refractivity contribution in [1.29, 1.82) is 0 Å². The summed E-state index contributed by atoms with van der Waals surface area (Å²) >= 11 is 0. The van der Waals surface area contributed by atoms with E-state index in [-0.39, 0.29) is 0 Å². The third-order valence-corrected chi connectivity index (χ3v) is 8.14. The molecule has 3 saturated carbocycles. The molecule has 3 rings (SSSR count). The number of fused-ring (bicyclic) bond motifs is 1. The topological polar surface area (TPSA) is 0 Å². The standard InChI is InChI=1S/C23H42/c1-4-6-10-21-17(3)16-20-9-7-11-22(20)23(21)19-14-12-18(8-5-2)13-15-19/h17-23H,4-16H2,1-3H3. The van der Waals surface area contributed by atoms with E-state index in [9.17, 15) is 0 Å². The summed E-state index contributed by atoms with van der Waals surface area (Å²) in [4.78, 5) is 0. The Morgan fingerprint density at radius 3 is 2.26 bits per heavy atom. The first-order valence-electron chi connectivity index (χ1n) is 11.2. The smallest absolute Gasteiger partial charge is 0.0324 e. The molecule has 0 aromatic heterocycles. The zero-order valence-electron chi connectivity index (χ0n) is 16.2. The second kappa shape index (κ2) is 8.39. The highest BCUT2D eigenvalue weighted by atomic mass is 14.5. The average Bonchev–Trinajstić information content (AvgIpc) is 3.01. The molecule has 3 fully saturated rings. The minimum absolute atomic E-state index is 1.01. The van der Waals surface area contributed by atoms with Gasteiger partial charge in [-0.1, -0.05) is 72.1 Å². The summed E-state index contributed by atoms with van der Waals surface area (Å²) < 4.78 is 0. The second-order valence-electron chi connectivity index (χ2n) is 9.52. The van der Waals surface area contributed by atoms with Crippen LogP contribution < -0.4 is 0 Å². The third kappa shape index (κ3) is 3.98. The first-order valence-corrected chi connectivity index (χ1v) is 11.2. The molecule has 0 aromatic rings. The average molecular weight is 319 g/mol. The van der Waals surface area contributed by atoms with Crippen molar-refractivity contribution in [2.75, 3.05) is 0 Å². The van der Waals surface area contributed by atoms with Gasteiger partial charge in [-0.05, 0) is 73.5 Å². The van der Waals surface area contributed by atoms with E-state index in [1.165, 1.54) is 25.7 Å². The maximum atomic E-state index is 2.62. The maximum absolute atomic E-state index is 2.62. The minimum atomic E-state index is 1.01. The quantitative estimate of drug-likeness (QED) is 0.476. The van der Waals surface area contributed by atoms with Crippen LogP contribution in [0.2, 0.25) is 0 Å². The zero-order valence-corrected chi connectivity index (χ0v) is 16.2. The monoisotopic (exact) mass is 318 g/mol. The second-order valence-corrected chi connectivity index (χ2v) is 9.52. The highest BCUT2D eigenvalue weighted by Crippen LogP contribution is 2.56. The van der Waals surface area contributed by atoms with Crippen LogP contribution in [0.15, 0.2) is 0 Å². The number of hydrogen-bond acceptors (Lipinski definition) is 0. The minimum Gasteiger partial charge on any atom is -0.0654 e. The van der Waals surface area contributed by atoms with Crippen LogP contribution in [0.3, 0.4) is 0 Å². The van der Waals surface area contributed by atoms with Crippen molar-refractivity contribution < 1.29 is 0 Å². The summed E-state index contributed by atoms with van der Waals surface area (Å²) in [6.45, 7) is 7.38. The van der Waals surface area contributed by atoms with Crippen LogP contribution >= 0.6 is 0 Å². The fourth-order valence-electron chi connectivity index (χ4n) is 7.10. The summed E-state index contributed by atoms with van der Waals surface area (Å²) in [6.07, 6.45) is 19.9. The Labute approximate surface area is 146 Å². The van der Waals surface area contributed by atoms with Crippen molar-refractivity contribution in [2.45, 2.75) is 104 Å². The predicted octanol–water partition coefficient (Wildman–Crippen LogP) is 7.47. The van der Waals surface area contributed by atoms with Gasteiger partial charge in [0.15, 0.2) is 0 Å². The molecular weight excluding hydrogens is 276 g/mol. The van der Waals surface area contributed by atoms with Crippen molar-refractivity contribution in [3.05, 3.63) is 0 Å². The van der Waals surface area contributed by atoms with Crippen molar-refractivity contribution in [2.24, 2.45) is 41.4 Å². The summed E-state index contributed by atoms with van der Waals surface area (Å²) in [7, 11) is 0. The molecule has 0 saturated heterocycles. The summed E-state index contributed by atoms with van der Waals surface area (Å²) in [6, 6.07) is 0. The van der Waals surface area contributed by atoms with Gasteiger partial charge in [0.2, 0.25) is 0 Å². The molecule has 0 N–H and O–H groups in total. The molecule has 3 aliphatic carbocycles. The van der Waals surface area contributed by atoms with Crippen LogP contribution in [0, 0.1) is 41.4 Å². The SMILES string of the molecule is CCCCC1C(C)CC2CCCC2C1C1CCC(CCC)CC1. The van der Waals surface area contributed by atoms with Gasteiger partial charge < -0.3 is 0 Å². The number of hydrogen-bond donors (Lipinski definition) is 0. The molecule has 23 heavy (non-hydrogen) atoms. The highest BCUT2D eigenvalue weighted by Gasteiger charge is 2.47. The molecular formula is C23H42. The van der Waals surface area contributed by atoms with Crippen LogP contribution in [0.4, 0.5) is 0 Å². The molecule has 5 atom stereocenters. The zero-order chi connectivity index (χ0) is 16.2. The molecule has 5 unspecified atom stereocenters. The van der Waals surface area contributed by atoms with Gasteiger partial charge in [0.1, 0.15) is 0 Å². The van der Waals surface area contributed by atoms with E-state index in [1.54, 1.807) is 57.8 Å². The molecule has 0 heterocycles. The van der Waals surface area contributed by atoms with Gasteiger partial charge in [0.25, 0.3) is 0 Å². The normalized spacial score (nSPS) is 44.2. The van der Waals surface area contributed by atoms with Gasteiger partial charge >= 0.3 is 0 Å². The summed E-state index contributed by atoms with van der Waals surface area (Å²) in [5, 5.41) is 0. The van der Waals surface area contributed by atoms with E-state index in [2.05, 4.69) is 20.8 Å². The molecule has 0 heteroatoms. The Bertz CT molecular complexity index is 338. The third-order valence-electron chi connectivity index (χ3n) is 8.14. The van der Waals surface area contributed by atoms with Crippen LogP contribution in [0.25, 0.3) is 0 Å². The van der Waals surface area contributed by atoms with E-state index in [0.29, 0.717) is 0 Å². The fraction of sp³-hybridized carbons (Fsp3) is 1.00. The molecule has 0 amide bonds. The molecule has 0 nitrogen and oxygen atoms in total. The van der Waals surface area contributed by atoms with Gasteiger partial charge in [-0.15, -0.1) is 0 Å². The Morgan fingerprint density at radius 1 is 0.783 bits per heavy atom. The molecule has 0 aliphatic heterocycles. The Kier molecular flexibility index (Phi) is 6.50. The van der Waals surface area contributed by atoms with Crippen molar-refractivity contribution in [3.63, 3.8) is 0 Å². The lowest BCUT2D eigenvalue weighted by Gasteiger charge is -2.49.